The molecule has 0 aliphatic heterocycles. The number of nitrogens with zero attached hydrogens (tertiary/aromatic N) is 2. The molecule has 0 spiro atoms. The number of anilines is 3. The molecule has 0 fully saturated rings. The molecular weight excluding hydrogens is 472 g/mol. The van der Waals surface area contributed by atoms with Gasteiger partial charge >= 0.3 is 6.61 Å². The summed E-state index contributed by atoms with van der Waals surface area (Å²) in [5.41, 5.74) is 0.566. The van der Waals surface area contributed by atoms with Crippen LogP contribution < -0.4 is 15.4 Å². The summed E-state index contributed by atoms with van der Waals surface area (Å²) in [4.78, 5) is 20.1. The first-order valence-electron chi connectivity index (χ1n) is 8.95. The van der Waals surface area contributed by atoms with Crippen molar-refractivity contribution in [1.82, 2.24) is 9.97 Å². The second-order valence-corrected chi connectivity index (χ2v) is 6.89. The predicted octanol–water partition coefficient (Wildman–Crippen LogP) is 5.56. The van der Waals surface area contributed by atoms with Gasteiger partial charge in [-0.1, -0.05) is 29.8 Å². The highest BCUT2D eigenvalue weighted by molar-refractivity contribution is 6.42. The lowest BCUT2D eigenvalue weighted by atomic mass is 10.1. The van der Waals surface area contributed by atoms with E-state index in [0.717, 1.165) is 6.08 Å². The van der Waals surface area contributed by atoms with Gasteiger partial charge in [-0.15, -0.1) is 0 Å². The van der Waals surface area contributed by atoms with Gasteiger partial charge in [0, 0.05) is 11.5 Å². The third kappa shape index (κ3) is 5.58. The molecule has 3 rings (SSSR count). The van der Waals surface area contributed by atoms with E-state index in [2.05, 4.69) is 31.9 Å². The first-order chi connectivity index (χ1) is 15.3. The predicted molar refractivity (Wildman–Crippen MR) is 116 cm³/mol. The molecule has 0 unspecified atom stereocenters. The molecule has 12 heteroatoms. The zero-order valence-corrected chi connectivity index (χ0v) is 17.7. The van der Waals surface area contributed by atoms with Crippen molar-refractivity contribution >= 4 is 57.2 Å². The molecule has 0 aliphatic carbocycles. The van der Waals surface area contributed by atoms with Crippen LogP contribution in [-0.4, -0.2) is 35.7 Å². The van der Waals surface area contributed by atoms with E-state index >= 15 is 0 Å². The second kappa shape index (κ2) is 10.5. The minimum absolute atomic E-state index is 0.0144. The van der Waals surface area contributed by atoms with E-state index in [0.29, 0.717) is 10.9 Å². The average molecular weight is 487 g/mol. The van der Waals surface area contributed by atoms with Crippen molar-refractivity contribution in [1.29, 1.82) is 0 Å². The van der Waals surface area contributed by atoms with Gasteiger partial charge in [0.25, 0.3) is 0 Å². The summed E-state index contributed by atoms with van der Waals surface area (Å²) in [6.45, 7) is -0.136. The Hall–Kier alpha value is -3.08. The van der Waals surface area contributed by atoms with Crippen molar-refractivity contribution < 1.29 is 27.4 Å². The number of hydrogen-bond donors (Lipinski definition) is 2. The molecular formula is C20H15Cl2F3N4O3. The van der Waals surface area contributed by atoms with Crippen LogP contribution in [0.3, 0.4) is 0 Å². The van der Waals surface area contributed by atoms with Crippen molar-refractivity contribution in [2.45, 2.75) is 6.61 Å². The van der Waals surface area contributed by atoms with Crippen molar-refractivity contribution in [3.63, 3.8) is 0 Å². The molecule has 32 heavy (non-hydrogen) atoms. The quantitative estimate of drug-likeness (QED) is 0.234. The Kier molecular flexibility index (Phi) is 7.73. The van der Waals surface area contributed by atoms with Gasteiger partial charge in [0.15, 0.2) is 5.82 Å². The average Bonchev–Trinajstić information content (AvgIpc) is 2.77. The van der Waals surface area contributed by atoms with Gasteiger partial charge in [-0.25, -0.2) is 14.4 Å². The van der Waals surface area contributed by atoms with Gasteiger partial charge in [-0.05, 0) is 24.3 Å². The summed E-state index contributed by atoms with van der Waals surface area (Å²) in [6.07, 6.45) is 2.27. The molecule has 1 aromatic heterocycles. The zero-order chi connectivity index (χ0) is 23.3. The van der Waals surface area contributed by atoms with Gasteiger partial charge in [0.1, 0.15) is 24.5 Å². The van der Waals surface area contributed by atoms with Crippen LogP contribution in [0.5, 0.6) is 5.75 Å². The Bertz CT molecular complexity index is 1160. The van der Waals surface area contributed by atoms with Crippen molar-refractivity contribution in [3.8, 4) is 5.75 Å². The standard InChI is InChI=1S/C20H15Cl2F3N4O3/c1-2-16(30)28-14-7-10-13(8-15(14)31-5-6-32-20(24)25)26-9-27-19(10)29-12-4-3-11(21)17(22)18(12)23/h2-4,7-9,20H,1,5-6H2,(H,28,30)(H,26,27,29). The molecule has 2 aromatic carbocycles. The zero-order valence-electron chi connectivity index (χ0n) is 16.2. The maximum atomic E-state index is 14.5. The Balaban J connectivity index is 1.99. The normalized spacial score (nSPS) is 10.9. The van der Waals surface area contributed by atoms with Crippen LogP contribution in [0.25, 0.3) is 10.9 Å². The first kappa shape index (κ1) is 23.6. The summed E-state index contributed by atoms with van der Waals surface area (Å²) in [5, 5.41) is 5.56. The number of hydrogen-bond acceptors (Lipinski definition) is 6. The number of halogens is 5. The van der Waals surface area contributed by atoms with Crippen LogP contribution in [0.15, 0.2) is 43.2 Å². The number of carbonyl (C=O) groups is 1. The minimum Gasteiger partial charge on any atom is -0.489 e. The van der Waals surface area contributed by atoms with Crippen molar-refractivity contribution in [2.24, 2.45) is 0 Å². The maximum absolute atomic E-state index is 14.5. The van der Waals surface area contributed by atoms with Crippen LogP contribution in [-0.2, 0) is 9.53 Å². The fraction of sp³-hybridized carbons (Fsp3) is 0.150. The highest BCUT2D eigenvalue weighted by Crippen LogP contribution is 2.35. The Morgan fingerprint density at radius 1 is 1.19 bits per heavy atom. The fourth-order valence-electron chi connectivity index (χ4n) is 2.62. The van der Waals surface area contributed by atoms with Crippen LogP contribution >= 0.6 is 23.2 Å². The van der Waals surface area contributed by atoms with E-state index in [9.17, 15) is 18.0 Å². The van der Waals surface area contributed by atoms with Crippen LogP contribution in [0.4, 0.5) is 30.4 Å². The lowest BCUT2D eigenvalue weighted by Gasteiger charge is -2.15. The van der Waals surface area contributed by atoms with Crippen molar-refractivity contribution in [3.05, 3.63) is 59.1 Å². The highest BCUT2D eigenvalue weighted by Gasteiger charge is 2.16. The lowest BCUT2D eigenvalue weighted by molar-refractivity contribution is -0.133. The van der Waals surface area contributed by atoms with E-state index in [1.54, 1.807) is 0 Å². The second-order valence-electron chi connectivity index (χ2n) is 6.11. The molecule has 7 nitrogen and oxygen atoms in total. The van der Waals surface area contributed by atoms with Crippen LogP contribution in [0.2, 0.25) is 10.0 Å². The smallest absolute Gasteiger partial charge is 0.345 e. The third-order valence-corrected chi connectivity index (χ3v) is 4.83. The Morgan fingerprint density at radius 2 is 1.97 bits per heavy atom. The lowest BCUT2D eigenvalue weighted by Crippen LogP contribution is -2.13. The molecule has 0 atom stereocenters. The number of nitrogens with one attached hydrogen (secondary N) is 2. The molecule has 0 saturated carbocycles. The summed E-state index contributed by atoms with van der Waals surface area (Å²) < 4.78 is 48.4. The summed E-state index contributed by atoms with van der Waals surface area (Å²) in [5.74, 6) is -0.963. The fourth-order valence-corrected chi connectivity index (χ4v) is 2.93. The number of alkyl halides is 2. The molecule has 2 N–H and O–H groups in total. The van der Waals surface area contributed by atoms with E-state index in [1.165, 1.54) is 30.6 Å². The van der Waals surface area contributed by atoms with Gasteiger partial charge in [-0.2, -0.15) is 8.78 Å². The first-order valence-corrected chi connectivity index (χ1v) is 9.71. The van der Waals surface area contributed by atoms with Gasteiger partial charge in [0.05, 0.1) is 33.5 Å². The van der Waals surface area contributed by atoms with Gasteiger partial charge in [-0.3, -0.25) is 4.79 Å². The number of amides is 1. The number of ether oxygens (including phenoxy) is 2. The van der Waals surface area contributed by atoms with E-state index in [1.807, 2.05) is 0 Å². The van der Waals surface area contributed by atoms with Crippen LogP contribution in [0.1, 0.15) is 0 Å². The SMILES string of the molecule is C=CC(=O)Nc1cc2c(Nc3ccc(Cl)c(Cl)c3F)ncnc2cc1OCCOC(F)F. The van der Waals surface area contributed by atoms with E-state index in [4.69, 9.17) is 27.9 Å². The number of aromatic nitrogens is 2. The Labute approximate surface area is 190 Å². The number of fused-ring (bicyclic) bond motifs is 1. The molecule has 3 aromatic rings. The molecule has 1 amide bonds. The maximum Gasteiger partial charge on any atom is 0.345 e. The Morgan fingerprint density at radius 3 is 2.69 bits per heavy atom. The summed E-state index contributed by atoms with van der Waals surface area (Å²) >= 11 is 11.7. The monoisotopic (exact) mass is 486 g/mol. The van der Waals surface area contributed by atoms with Gasteiger partial charge < -0.3 is 20.1 Å². The minimum atomic E-state index is -2.93. The molecule has 0 bridgehead atoms. The molecule has 168 valence electrons. The van der Waals surface area contributed by atoms with E-state index < -0.39 is 18.3 Å². The topological polar surface area (TPSA) is 85.4 Å². The number of benzene rings is 2. The van der Waals surface area contributed by atoms with Crippen LogP contribution in [0, 0.1) is 5.82 Å². The van der Waals surface area contributed by atoms with Gasteiger partial charge in [0.2, 0.25) is 5.91 Å². The third-order valence-electron chi connectivity index (χ3n) is 4.05. The molecule has 0 radical (unpaired) electrons. The van der Waals surface area contributed by atoms with Crippen molar-refractivity contribution in [2.75, 3.05) is 23.8 Å². The largest absolute Gasteiger partial charge is 0.489 e. The molecule has 0 aliphatic rings. The number of carbonyl (C=O) groups excluding carboxylic acids is 1. The molecule has 0 saturated heterocycles. The highest BCUT2D eigenvalue weighted by atomic mass is 35.5. The molecule has 1 heterocycles. The number of rotatable bonds is 9. The summed E-state index contributed by atoms with van der Waals surface area (Å²) in [7, 11) is 0. The van der Waals surface area contributed by atoms with E-state index in [-0.39, 0.29) is 46.2 Å². The summed E-state index contributed by atoms with van der Waals surface area (Å²) in [6, 6.07) is 5.76.